The van der Waals surface area contributed by atoms with Crippen LogP contribution in [0.2, 0.25) is 0 Å². The van der Waals surface area contributed by atoms with Crippen molar-refractivity contribution in [2.45, 2.75) is 13.3 Å². The number of methoxy groups -OCH3 is 1. The van der Waals surface area contributed by atoms with Crippen LogP contribution in [-0.2, 0) is 11.2 Å². The van der Waals surface area contributed by atoms with Crippen molar-refractivity contribution in [1.29, 1.82) is 5.26 Å². The molecule has 0 bridgehead atoms. The van der Waals surface area contributed by atoms with Crippen molar-refractivity contribution in [2.24, 2.45) is 5.92 Å². The monoisotopic (exact) mass is 324 g/mol. The second-order valence-corrected chi connectivity index (χ2v) is 5.12. The van der Waals surface area contributed by atoms with Gasteiger partial charge in [0.2, 0.25) is 5.91 Å². The molecule has 124 valence electrons. The third-order valence-corrected chi connectivity index (χ3v) is 3.53. The van der Waals surface area contributed by atoms with E-state index in [9.17, 15) is 10.1 Å². The van der Waals surface area contributed by atoms with Gasteiger partial charge in [-0.25, -0.2) is 0 Å². The van der Waals surface area contributed by atoms with Gasteiger partial charge in [-0.15, -0.1) is 0 Å². The third kappa shape index (κ3) is 4.26. The van der Waals surface area contributed by atoms with E-state index in [4.69, 9.17) is 9.47 Å². The van der Waals surface area contributed by atoms with Crippen LogP contribution in [0.25, 0.3) is 0 Å². The number of hydrogen-bond donors (Lipinski definition) is 1. The SMILES string of the molecule is CCOc1ccccc1NC(=O)[C@@H](C#N)Cc1ccccc1OC. The fourth-order valence-corrected chi connectivity index (χ4v) is 2.36. The summed E-state index contributed by atoms with van der Waals surface area (Å²) in [5.74, 6) is 0.0640. The Hall–Kier alpha value is -3.00. The second kappa shape index (κ2) is 8.59. The number of nitriles is 1. The molecule has 1 N–H and O–H groups in total. The molecule has 0 heterocycles. The number of carbonyl (C=O) groups is 1. The van der Waals surface area contributed by atoms with Gasteiger partial charge in [0.15, 0.2) is 0 Å². The Labute approximate surface area is 141 Å². The maximum Gasteiger partial charge on any atom is 0.242 e. The minimum Gasteiger partial charge on any atom is -0.496 e. The van der Waals surface area contributed by atoms with Crippen molar-refractivity contribution in [3.8, 4) is 17.6 Å². The molecule has 1 amide bonds. The lowest BCUT2D eigenvalue weighted by atomic mass is 9.99. The number of anilines is 1. The van der Waals surface area contributed by atoms with Crippen molar-refractivity contribution in [3.05, 3.63) is 54.1 Å². The van der Waals surface area contributed by atoms with Crippen LogP contribution in [0.3, 0.4) is 0 Å². The Bertz CT molecular complexity index is 737. The Morgan fingerprint density at radius 2 is 1.83 bits per heavy atom. The zero-order chi connectivity index (χ0) is 17.4. The minimum atomic E-state index is -0.823. The summed E-state index contributed by atoms with van der Waals surface area (Å²) < 4.78 is 10.8. The van der Waals surface area contributed by atoms with E-state index in [1.165, 1.54) is 0 Å². The molecule has 0 saturated carbocycles. The number of amides is 1. The maximum atomic E-state index is 12.5. The van der Waals surface area contributed by atoms with Crippen LogP contribution >= 0.6 is 0 Å². The molecule has 0 unspecified atom stereocenters. The van der Waals surface area contributed by atoms with Gasteiger partial charge in [0.05, 0.1) is 25.5 Å². The Morgan fingerprint density at radius 3 is 2.50 bits per heavy atom. The predicted molar refractivity (Wildman–Crippen MR) is 92.0 cm³/mol. The second-order valence-electron chi connectivity index (χ2n) is 5.12. The van der Waals surface area contributed by atoms with E-state index in [2.05, 4.69) is 11.4 Å². The Kier molecular flexibility index (Phi) is 6.21. The summed E-state index contributed by atoms with van der Waals surface area (Å²) in [5, 5.41) is 12.2. The van der Waals surface area contributed by atoms with E-state index in [1.54, 1.807) is 25.3 Å². The molecule has 5 heteroatoms. The number of nitrogens with one attached hydrogen (secondary N) is 1. The molecule has 0 fully saturated rings. The molecule has 0 aliphatic carbocycles. The van der Waals surface area contributed by atoms with E-state index in [1.807, 2.05) is 37.3 Å². The number of nitrogens with zero attached hydrogens (tertiary/aromatic N) is 1. The highest BCUT2D eigenvalue weighted by molar-refractivity contribution is 5.95. The van der Waals surface area contributed by atoms with Gasteiger partial charge in [-0.1, -0.05) is 30.3 Å². The highest BCUT2D eigenvalue weighted by Gasteiger charge is 2.21. The lowest BCUT2D eigenvalue weighted by molar-refractivity contribution is -0.118. The van der Waals surface area contributed by atoms with E-state index in [-0.39, 0.29) is 12.3 Å². The van der Waals surface area contributed by atoms with Gasteiger partial charge < -0.3 is 14.8 Å². The largest absolute Gasteiger partial charge is 0.496 e. The molecule has 2 rings (SSSR count). The number of hydrogen-bond acceptors (Lipinski definition) is 4. The molecule has 2 aromatic rings. The smallest absolute Gasteiger partial charge is 0.242 e. The fourth-order valence-electron chi connectivity index (χ4n) is 2.36. The first-order valence-electron chi connectivity index (χ1n) is 7.73. The first kappa shape index (κ1) is 17.4. The van der Waals surface area contributed by atoms with Gasteiger partial charge in [-0.3, -0.25) is 4.79 Å². The minimum absolute atomic E-state index is 0.281. The Morgan fingerprint density at radius 1 is 1.17 bits per heavy atom. The van der Waals surface area contributed by atoms with E-state index >= 15 is 0 Å². The van der Waals surface area contributed by atoms with Crippen molar-refractivity contribution in [1.82, 2.24) is 0 Å². The fraction of sp³-hybridized carbons (Fsp3) is 0.263. The maximum absolute atomic E-state index is 12.5. The molecule has 1 atom stereocenters. The summed E-state index contributed by atoms with van der Waals surface area (Å²) in [5.41, 5.74) is 1.38. The lowest BCUT2D eigenvalue weighted by Gasteiger charge is -2.15. The molecule has 5 nitrogen and oxygen atoms in total. The van der Waals surface area contributed by atoms with Gasteiger partial charge in [-0.2, -0.15) is 5.26 Å². The predicted octanol–water partition coefficient (Wildman–Crippen LogP) is 3.41. The summed E-state index contributed by atoms with van der Waals surface area (Å²) >= 11 is 0. The van der Waals surface area contributed by atoms with Gasteiger partial charge in [0.25, 0.3) is 0 Å². The highest BCUT2D eigenvalue weighted by Crippen LogP contribution is 2.26. The summed E-state index contributed by atoms with van der Waals surface area (Å²) in [4.78, 5) is 12.5. The summed E-state index contributed by atoms with van der Waals surface area (Å²) in [6, 6.07) is 16.6. The average molecular weight is 324 g/mol. The van der Waals surface area contributed by atoms with Crippen LogP contribution < -0.4 is 14.8 Å². The molecule has 24 heavy (non-hydrogen) atoms. The van der Waals surface area contributed by atoms with E-state index in [0.717, 1.165) is 5.56 Å². The standard InChI is InChI=1S/C19H20N2O3/c1-3-24-18-11-7-5-9-16(18)21-19(22)15(13-20)12-14-8-4-6-10-17(14)23-2/h4-11,15H,3,12H2,1-2H3,(H,21,22)/t15-/m1/s1. The van der Waals surface area contributed by atoms with Crippen LogP contribution in [0.1, 0.15) is 12.5 Å². The summed E-state index contributed by atoms with van der Waals surface area (Å²) in [7, 11) is 1.57. The quantitative estimate of drug-likeness (QED) is 0.847. The summed E-state index contributed by atoms with van der Waals surface area (Å²) in [6.07, 6.45) is 0.281. The average Bonchev–Trinajstić information content (AvgIpc) is 2.61. The van der Waals surface area contributed by atoms with Crippen molar-refractivity contribution >= 4 is 11.6 Å². The molecular formula is C19H20N2O3. The number of ether oxygens (including phenoxy) is 2. The van der Waals surface area contributed by atoms with Gasteiger partial charge in [-0.05, 0) is 30.7 Å². The molecule has 0 aromatic heterocycles. The van der Waals surface area contributed by atoms with Gasteiger partial charge in [0.1, 0.15) is 17.4 Å². The molecule has 2 aromatic carbocycles. The zero-order valence-electron chi connectivity index (χ0n) is 13.8. The molecule has 0 spiro atoms. The topological polar surface area (TPSA) is 71.3 Å². The number of rotatable bonds is 7. The first-order chi connectivity index (χ1) is 11.7. The van der Waals surface area contributed by atoms with Gasteiger partial charge >= 0.3 is 0 Å². The summed E-state index contributed by atoms with van der Waals surface area (Å²) in [6.45, 7) is 2.37. The van der Waals surface area contributed by atoms with Crippen LogP contribution in [0.4, 0.5) is 5.69 Å². The van der Waals surface area contributed by atoms with Crippen LogP contribution in [-0.4, -0.2) is 19.6 Å². The normalized spacial score (nSPS) is 11.2. The van der Waals surface area contributed by atoms with E-state index < -0.39 is 5.92 Å². The van der Waals surface area contributed by atoms with Crippen LogP contribution in [0, 0.1) is 17.2 Å². The van der Waals surface area contributed by atoms with Crippen molar-refractivity contribution in [2.75, 3.05) is 19.0 Å². The molecule has 0 saturated heterocycles. The Balaban J connectivity index is 2.14. The molecule has 0 aliphatic rings. The van der Waals surface area contributed by atoms with Crippen molar-refractivity contribution in [3.63, 3.8) is 0 Å². The van der Waals surface area contributed by atoms with Crippen LogP contribution in [0.5, 0.6) is 11.5 Å². The lowest BCUT2D eigenvalue weighted by Crippen LogP contribution is -2.24. The molecule has 0 aliphatic heterocycles. The number of benzene rings is 2. The zero-order valence-corrected chi connectivity index (χ0v) is 13.8. The van der Waals surface area contributed by atoms with Gasteiger partial charge in [0, 0.05) is 6.42 Å². The third-order valence-electron chi connectivity index (χ3n) is 3.53. The highest BCUT2D eigenvalue weighted by atomic mass is 16.5. The molecule has 0 radical (unpaired) electrons. The van der Waals surface area contributed by atoms with Crippen molar-refractivity contribution < 1.29 is 14.3 Å². The first-order valence-corrected chi connectivity index (χ1v) is 7.73. The molecular weight excluding hydrogens is 304 g/mol. The van der Waals surface area contributed by atoms with E-state index in [0.29, 0.717) is 23.8 Å². The number of para-hydroxylation sites is 3. The van der Waals surface area contributed by atoms with Crippen LogP contribution in [0.15, 0.2) is 48.5 Å². The number of carbonyl (C=O) groups excluding carboxylic acids is 1.